The molecule has 0 fully saturated rings. The number of nitrogens with one attached hydrogen (secondary N) is 3. The van der Waals surface area contributed by atoms with Gasteiger partial charge in [0, 0.05) is 52.1 Å². The maximum Gasteiger partial charge on any atom is 0.221 e. The summed E-state index contributed by atoms with van der Waals surface area (Å²) in [6.45, 7) is 3.00. The lowest BCUT2D eigenvalue weighted by atomic mass is 10.3. The molecule has 100 valence electrons. The molecule has 0 radical (unpaired) electrons. The second-order valence-corrected chi connectivity index (χ2v) is 3.53. The first-order valence-electron chi connectivity index (χ1n) is 5.85. The van der Waals surface area contributed by atoms with Gasteiger partial charge in [-0.3, -0.25) is 9.59 Å². The SMILES string of the molecule is NCCNC(=O)CCNCCC(=O)NCCN. The fourth-order valence-corrected chi connectivity index (χ4v) is 1.13. The van der Waals surface area contributed by atoms with E-state index >= 15 is 0 Å². The number of hydrogen-bond donors (Lipinski definition) is 5. The number of hydrogen-bond acceptors (Lipinski definition) is 5. The van der Waals surface area contributed by atoms with Crippen molar-refractivity contribution < 1.29 is 9.59 Å². The molecule has 0 spiro atoms. The van der Waals surface area contributed by atoms with Gasteiger partial charge in [-0.25, -0.2) is 0 Å². The number of carbonyl (C=O) groups is 2. The lowest BCUT2D eigenvalue weighted by Crippen LogP contribution is -2.33. The Balaban J connectivity index is 3.28. The first-order chi connectivity index (χ1) is 8.20. The zero-order chi connectivity index (χ0) is 12.9. The third-order valence-corrected chi connectivity index (χ3v) is 1.99. The van der Waals surface area contributed by atoms with Gasteiger partial charge in [-0.15, -0.1) is 0 Å². The van der Waals surface area contributed by atoms with Crippen LogP contribution >= 0.6 is 0 Å². The van der Waals surface area contributed by atoms with Crippen LogP contribution in [0.2, 0.25) is 0 Å². The lowest BCUT2D eigenvalue weighted by molar-refractivity contribution is -0.121. The molecule has 0 aromatic rings. The predicted octanol–water partition coefficient (Wildman–Crippen LogP) is -2.49. The van der Waals surface area contributed by atoms with E-state index in [-0.39, 0.29) is 11.8 Å². The van der Waals surface area contributed by atoms with Gasteiger partial charge in [0.05, 0.1) is 0 Å². The van der Waals surface area contributed by atoms with Crippen molar-refractivity contribution in [2.45, 2.75) is 12.8 Å². The van der Waals surface area contributed by atoms with Gasteiger partial charge in [-0.05, 0) is 0 Å². The highest BCUT2D eigenvalue weighted by molar-refractivity contribution is 5.76. The molecule has 0 atom stereocenters. The summed E-state index contributed by atoms with van der Waals surface area (Å²) in [7, 11) is 0. The lowest BCUT2D eigenvalue weighted by Gasteiger charge is -2.06. The summed E-state index contributed by atoms with van der Waals surface area (Å²) in [5.41, 5.74) is 10.5. The van der Waals surface area contributed by atoms with E-state index in [4.69, 9.17) is 11.5 Å². The van der Waals surface area contributed by atoms with Crippen molar-refractivity contribution in [3.63, 3.8) is 0 Å². The summed E-state index contributed by atoms with van der Waals surface area (Å²) >= 11 is 0. The zero-order valence-electron chi connectivity index (χ0n) is 10.1. The molecule has 0 heterocycles. The zero-order valence-corrected chi connectivity index (χ0v) is 10.1. The summed E-state index contributed by atoms with van der Waals surface area (Å²) in [4.78, 5) is 22.3. The third kappa shape index (κ3) is 11.1. The highest BCUT2D eigenvalue weighted by atomic mass is 16.2. The normalized spacial score (nSPS) is 10.0. The van der Waals surface area contributed by atoms with Crippen LogP contribution < -0.4 is 27.4 Å². The van der Waals surface area contributed by atoms with Gasteiger partial charge in [0.25, 0.3) is 0 Å². The summed E-state index contributed by atoms with van der Waals surface area (Å²) < 4.78 is 0. The second-order valence-electron chi connectivity index (χ2n) is 3.53. The Morgan fingerprint density at radius 1 is 0.765 bits per heavy atom. The Morgan fingerprint density at radius 3 is 1.53 bits per heavy atom. The van der Waals surface area contributed by atoms with Crippen LogP contribution in [0, 0.1) is 0 Å². The molecule has 0 saturated heterocycles. The molecule has 0 aliphatic rings. The summed E-state index contributed by atoms with van der Waals surface area (Å²) in [6, 6.07) is 0. The smallest absolute Gasteiger partial charge is 0.221 e. The highest BCUT2D eigenvalue weighted by Crippen LogP contribution is 1.80. The van der Waals surface area contributed by atoms with Crippen LogP contribution in [0.4, 0.5) is 0 Å². The number of carbonyl (C=O) groups excluding carboxylic acids is 2. The molecule has 2 amide bonds. The van der Waals surface area contributed by atoms with Crippen LogP contribution in [0.3, 0.4) is 0 Å². The molecule has 0 rings (SSSR count). The van der Waals surface area contributed by atoms with Crippen molar-refractivity contribution in [3.8, 4) is 0 Å². The first kappa shape index (κ1) is 15.8. The minimum atomic E-state index is -0.0319. The van der Waals surface area contributed by atoms with Gasteiger partial charge >= 0.3 is 0 Å². The predicted molar refractivity (Wildman–Crippen MR) is 66.2 cm³/mol. The molecule has 17 heavy (non-hydrogen) atoms. The van der Waals surface area contributed by atoms with E-state index in [2.05, 4.69) is 16.0 Å². The molecule has 0 aromatic carbocycles. The van der Waals surface area contributed by atoms with Crippen molar-refractivity contribution >= 4 is 11.8 Å². The summed E-state index contributed by atoms with van der Waals surface area (Å²) in [5.74, 6) is -0.0638. The fourth-order valence-electron chi connectivity index (χ4n) is 1.13. The number of amides is 2. The van der Waals surface area contributed by atoms with Crippen LogP contribution in [0.1, 0.15) is 12.8 Å². The Hall–Kier alpha value is -1.18. The van der Waals surface area contributed by atoms with Crippen molar-refractivity contribution in [1.29, 1.82) is 0 Å². The van der Waals surface area contributed by atoms with Crippen LogP contribution in [0.15, 0.2) is 0 Å². The highest BCUT2D eigenvalue weighted by Gasteiger charge is 2.01. The maximum atomic E-state index is 11.1. The van der Waals surface area contributed by atoms with Gasteiger partial charge in [-0.1, -0.05) is 0 Å². The van der Waals surface area contributed by atoms with Gasteiger partial charge in [0.2, 0.25) is 11.8 Å². The molecule has 7 heteroatoms. The van der Waals surface area contributed by atoms with Crippen molar-refractivity contribution in [2.24, 2.45) is 11.5 Å². The molecule has 0 bridgehead atoms. The fraction of sp³-hybridized carbons (Fsp3) is 0.800. The Kier molecular flexibility index (Phi) is 10.5. The second kappa shape index (κ2) is 11.3. The average Bonchev–Trinajstić information content (AvgIpc) is 2.33. The molecule has 7 nitrogen and oxygen atoms in total. The monoisotopic (exact) mass is 245 g/mol. The van der Waals surface area contributed by atoms with Crippen molar-refractivity contribution in [3.05, 3.63) is 0 Å². The van der Waals surface area contributed by atoms with E-state index in [1.54, 1.807) is 0 Å². The minimum absolute atomic E-state index is 0.0319. The first-order valence-corrected chi connectivity index (χ1v) is 5.85. The number of rotatable bonds is 10. The van der Waals surface area contributed by atoms with Crippen LogP contribution in [0.25, 0.3) is 0 Å². The largest absolute Gasteiger partial charge is 0.355 e. The minimum Gasteiger partial charge on any atom is -0.355 e. The van der Waals surface area contributed by atoms with Crippen molar-refractivity contribution in [2.75, 3.05) is 39.3 Å². The molecule has 0 aliphatic carbocycles. The Bertz CT molecular complexity index is 201. The van der Waals surface area contributed by atoms with Gasteiger partial charge in [0.1, 0.15) is 0 Å². The van der Waals surface area contributed by atoms with Gasteiger partial charge < -0.3 is 27.4 Å². The van der Waals surface area contributed by atoms with E-state index in [0.29, 0.717) is 52.1 Å². The van der Waals surface area contributed by atoms with Crippen molar-refractivity contribution in [1.82, 2.24) is 16.0 Å². The average molecular weight is 245 g/mol. The molecule has 7 N–H and O–H groups in total. The van der Waals surface area contributed by atoms with E-state index in [0.717, 1.165) is 0 Å². The van der Waals surface area contributed by atoms with E-state index in [9.17, 15) is 9.59 Å². The van der Waals surface area contributed by atoms with Crippen LogP contribution in [-0.4, -0.2) is 51.1 Å². The Morgan fingerprint density at radius 2 is 1.18 bits per heavy atom. The maximum absolute atomic E-state index is 11.1. The number of nitrogens with two attached hydrogens (primary N) is 2. The van der Waals surface area contributed by atoms with E-state index in [1.807, 2.05) is 0 Å². The molecular formula is C10H23N5O2. The molecule has 0 aromatic heterocycles. The summed E-state index contributed by atoms with van der Waals surface area (Å²) in [6.07, 6.45) is 0.787. The topological polar surface area (TPSA) is 122 Å². The van der Waals surface area contributed by atoms with Gasteiger partial charge in [0.15, 0.2) is 0 Å². The van der Waals surface area contributed by atoms with E-state index < -0.39 is 0 Å². The van der Waals surface area contributed by atoms with Crippen LogP contribution in [-0.2, 0) is 9.59 Å². The molecular weight excluding hydrogens is 222 g/mol. The Labute approximate surface area is 102 Å². The summed E-state index contributed by atoms with van der Waals surface area (Å²) in [5, 5.41) is 8.34. The van der Waals surface area contributed by atoms with E-state index in [1.165, 1.54) is 0 Å². The molecule has 0 unspecified atom stereocenters. The quantitative estimate of drug-likeness (QED) is 0.272. The molecule has 0 aliphatic heterocycles. The van der Waals surface area contributed by atoms with Gasteiger partial charge in [-0.2, -0.15) is 0 Å². The third-order valence-electron chi connectivity index (χ3n) is 1.99. The standard InChI is InChI=1S/C10H23N5O2/c11-3-7-14-9(16)1-5-13-6-2-10(17)15-8-4-12/h13H,1-8,11-12H2,(H,14,16)(H,15,17). The van der Waals surface area contributed by atoms with Crippen LogP contribution in [0.5, 0.6) is 0 Å². The molecule has 0 saturated carbocycles.